The molecular formula is C25H36O6. The Balaban J connectivity index is 1.92. The molecule has 31 heavy (non-hydrogen) atoms. The number of phenols is 1. The van der Waals surface area contributed by atoms with E-state index < -0.39 is 24.6 Å². The number of allylic oxidation sites excluding steroid dienone is 4. The van der Waals surface area contributed by atoms with Gasteiger partial charge in [-0.2, -0.15) is 0 Å². The molecule has 0 amide bonds. The van der Waals surface area contributed by atoms with Crippen molar-refractivity contribution in [2.45, 2.75) is 83.9 Å². The Hall–Kier alpha value is -1.86. The van der Waals surface area contributed by atoms with Crippen LogP contribution >= 0.6 is 0 Å². The van der Waals surface area contributed by atoms with Crippen molar-refractivity contribution in [3.8, 4) is 11.5 Å². The number of rotatable bonds is 5. The SMILES string of the molecule is CC(C)=CC=CC(C)C1CCC(C)c2c1cc(C)c(OC1OCC(O)C(O)C1O)c2O. The minimum atomic E-state index is -1.41. The third-order valence-corrected chi connectivity index (χ3v) is 6.48. The van der Waals surface area contributed by atoms with Gasteiger partial charge in [0.2, 0.25) is 6.29 Å². The second-order valence-corrected chi connectivity index (χ2v) is 9.32. The predicted octanol–water partition coefficient (Wildman–Crippen LogP) is 3.66. The van der Waals surface area contributed by atoms with Gasteiger partial charge in [0, 0.05) is 5.56 Å². The van der Waals surface area contributed by atoms with Gasteiger partial charge in [-0.3, -0.25) is 0 Å². The van der Waals surface area contributed by atoms with E-state index in [1.54, 1.807) is 0 Å². The van der Waals surface area contributed by atoms with Gasteiger partial charge in [-0.25, -0.2) is 0 Å². The lowest BCUT2D eigenvalue weighted by Crippen LogP contribution is -2.54. The van der Waals surface area contributed by atoms with E-state index in [2.05, 4.69) is 52.0 Å². The van der Waals surface area contributed by atoms with Crippen molar-refractivity contribution in [2.24, 2.45) is 5.92 Å². The summed E-state index contributed by atoms with van der Waals surface area (Å²) >= 11 is 0. The van der Waals surface area contributed by atoms with Gasteiger partial charge in [0.05, 0.1) is 6.61 Å². The van der Waals surface area contributed by atoms with Crippen LogP contribution in [0.2, 0.25) is 0 Å². The molecule has 1 fully saturated rings. The Morgan fingerprint density at radius 1 is 1.19 bits per heavy atom. The number of hydrogen-bond donors (Lipinski definition) is 4. The van der Waals surface area contributed by atoms with Crippen LogP contribution in [0.4, 0.5) is 0 Å². The maximum atomic E-state index is 11.2. The van der Waals surface area contributed by atoms with Crippen molar-refractivity contribution in [3.05, 3.63) is 46.6 Å². The molecule has 1 aliphatic carbocycles. The molecule has 1 aromatic rings. The summed E-state index contributed by atoms with van der Waals surface area (Å²) in [5.74, 6) is 1.11. The highest BCUT2D eigenvalue weighted by molar-refractivity contribution is 5.57. The zero-order valence-electron chi connectivity index (χ0n) is 19.1. The molecule has 0 aromatic heterocycles. The maximum Gasteiger partial charge on any atom is 0.229 e. The van der Waals surface area contributed by atoms with Crippen molar-refractivity contribution in [1.82, 2.24) is 0 Å². The molecule has 6 nitrogen and oxygen atoms in total. The molecule has 7 unspecified atom stereocenters. The Morgan fingerprint density at radius 3 is 2.58 bits per heavy atom. The number of ether oxygens (including phenoxy) is 2. The lowest BCUT2D eigenvalue weighted by molar-refractivity contribution is -0.242. The van der Waals surface area contributed by atoms with E-state index in [-0.39, 0.29) is 24.0 Å². The first-order valence-corrected chi connectivity index (χ1v) is 11.1. The molecule has 1 saturated heterocycles. The molecule has 1 aliphatic heterocycles. The number of aliphatic hydroxyl groups is 3. The first-order chi connectivity index (χ1) is 14.6. The number of benzene rings is 1. The molecule has 2 aliphatic rings. The summed E-state index contributed by atoms with van der Waals surface area (Å²) in [5.41, 5.74) is 4.01. The minimum Gasteiger partial charge on any atom is -0.504 e. The number of fused-ring (bicyclic) bond motifs is 1. The number of aryl methyl sites for hydroxylation is 1. The summed E-state index contributed by atoms with van der Waals surface area (Å²) in [4.78, 5) is 0. The number of aromatic hydroxyl groups is 1. The molecule has 0 radical (unpaired) electrons. The topological polar surface area (TPSA) is 99.4 Å². The van der Waals surface area contributed by atoms with Crippen LogP contribution in [0.25, 0.3) is 0 Å². The van der Waals surface area contributed by atoms with Crippen LogP contribution in [0.5, 0.6) is 11.5 Å². The molecule has 0 saturated carbocycles. The van der Waals surface area contributed by atoms with Gasteiger partial charge in [0.15, 0.2) is 11.5 Å². The molecular weight excluding hydrogens is 396 g/mol. The summed E-state index contributed by atoms with van der Waals surface area (Å²) in [7, 11) is 0. The number of phenolic OH excluding ortho intramolecular Hbond substituents is 1. The van der Waals surface area contributed by atoms with E-state index in [0.717, 1.165) is 29.5 Å². The zero-order chi connectivity index (χ0) is 22.9. The van der Waals surface area contributed by atoms with E-state index in [1.807, 2.05) is 6.92 Å². The van der Waals surface area contributed by atoms with Crippen molar-refractivity contribution in [2.75, 3.05) is 6.61 Å². The van der Waals surface area contributed by atoms with Gasteiger partial charge >= 0.3 is 0 Å². The maximum absolute atomic E-state index is 11.2. The zero-order valence-corrected chi connectivity index (χ0v) is 19.1. The molecule has 4 N–H and O–H groups in total. The summed E-state index contributed by atoms with van der Waals surface area (Å²) in [6.45, 7) is 10.2. The highest BCUT2D eigenvalue weighted by atomic mass is 16.7. The smallest absolute Gasteiger partial charge is 0.229 e. The average molecular weight is 433 g/mol. The molecule has 3 rings (SSSR count). The van der Waals surface area contributed by atoms with Gasteiger partial charge in [-0.1, -0.05) is 43.7 Å². The van der Waals surface area contributed by atoms with Crippen LogP contribution in [-0.4, -0.2) is 51.6 Å². The van der Waals surface area contributed by atoms with Crippen LogP contribution in [0.1, 0.15) is 69.1 Å². The molecule has 7 atom stereocenters. The molecule has 172 valence electrons. The lowest BCUT2D eigenvalue weighted by Gasteiger charge is -2.37. The largest absolute Gasteiger partial charge is 0.504 e. The van der Waals surface area contributed by atoms with E-state index >= 15 is 0 Å². The summed E-state index contributed by atoms with van der Waals surface area (Å²) in [6.07, 6.45) is 3.31. The van der Waals surface area contributed by atoms with Crippen molar-refractivity contribution < 1.29 is 29.9 Å². The van der Waals surface area contributed by atoms with E-state index in [1.165, 1.54) is 5.57 Å². The third-order valence-electron chi connectivity index (χ3n) is 6.48. The van der Waals surface area contributed by atoms with Gasteiger partial charge in [0.25, 0.3) is 0 Å². The second-order valence-electron chi connectivity index (χ2n) is 9.32. The van der Waals surface area contributed by atoms with E-state index in [0.29, 0.717) is 11.8 Å². The Bertz CT molecular complexity index is 841. The van der Waals surface area contributed by atoms with Crippen molar-refractivity contribution in [1.29, 1.82) is 0 Å². The normalized spacial score (nSPS) is 31.9. The van der Waals surface area contributed by atoms with Crippen LogP contribution in [0.15, 0.2) is 29.9 Å². The van der Waals surface area contributed by atoms with Gasteiger partial charge in [-0.05, 0) is 62.5 Å². The standard InChI is InChI=1S/C25H36O6/c1-13(2)7-6-8-14(3)17-10-9-15(4)20-18(17)11-16(5)24(22(20)28)31-25-23(29)21(27)19(26)12-30-25/h6-8,11,14-15,17,19,21,23,25-29H,9-10,12H2,1-5H3. The minimum absolute atomic E-state index is 0.0732. The third kappa shape index (κ3) is 4.98. The number of aliphatic hydroxyl groups excluding tert-OH is 3. The Morgan fingerprint density at radius 2 is 1.90 bits per heavy atom. The fourth-order valence-electron chi connectivity index (χ4n) is 4.63. The predicted molar refractivity (Wildman–Crippen MR) is 119 cm³/mol. The highest BCUT2D eigenvalue weighted by Crippen LogP contribution is 2.50. The van der Waals surface area contributed by atoms with Crippen LogP contribution < -0.4 is 4.74 Å². The Labute approximate surface area is 184 Å². The highest BCUT2D eigenvalue weighted by Gasteiger charge is 2.40. The van der Waals surface area contributed by atoms with E-state index in [4.69, 9.17) is 9.47 Å². The monoisotopic (exact) mass is 432 g/mol. The van der Waals surface area contributed by atoms with Crippen LogP contribution in [-0.2, 0) is 4.74 Å². The van der Waals surface area contributed by atoms with Crippen LogP contribution in [0, 0.1) is 12.8 Å². The van der Waals surface area contributed by atoms with Crippen LogP contribution in [0.3, 0.4) is 0 Å². The summed E-state index contributed by atoms with van der Waals surface area (Å²) < 4.78 is 11.2. The van der Waals surface area contributed by atoms with E-state index in [9.17, 15) is 20.4 Å². The first-order valence-electron chi connectivity index (χ1n) is 11.1. The quantitative estimate of drug-likeness (QED) is 0.530. The lowest BCUT2D eigenvalue weighted by atomic mass is 9.71. The summed E-state index contributed by atoms with van der Waals surface area (Å²) in [6, 6.07) is 2.07. The first kappa shape index (κ1) is 23.8. The van der Waals surface area contributed by atoms with Gasteiger partial charge < -0.3 is 29.9 Å². The average Bonchev–Trinajstić information content (AvgIpc) is 2.70. The number of hydrogen-bond acceptors (Lipinski definition) is 6. The fraction of sp³-hybridized carbons (Fsp3) is 0.600. The fourth-order valence-corrected chi connectivity index (χ4v) is 4.63. The van der Waals surface area contributed by atoms with Gasteiger partial charge in [0.1, 0.15) is 18.3 Å². The van der Waals surface area contributed by atoms with Crippen molar-refractivity contribution in [3.63, 3.8) is 0 Å². The van der Waals surface area contributed by atoms with Gasteiger partial charge in [-0.15, -0.1) is 0 Å². The molecule has 6 heteroatoms. The van der Waals surface area contributed by atoms with Crippen molar-refractivity contribution >= 4 is 0 Å². The molecule has 1 aromatic carbocycles. The summed E-state index contributed by atoms with van der Waals surface area (Å²) in [5, 5.41) is 41.0. The Kier molecular flexibility index (Phi) is 7.47. The molecule has 0 spiro atoms. The molecule has 1 heterocycles. The molecule has 0 bridgehead atoms. The second kappa shape index (κ2) is 9.74.